The Kier molecular flexibility index (Phi) is 16.0. The van der Waals surface area contributed by atoms with E-state index in [2.05, 4.69) is 16.6 Å². The molecule has 13 heteroatoms. The molecule has 56 heavy (non-hydrogen) atoms. The van der Waals surface area contributed by atoms with Crippen LogP contribution in [0.15, 0.2) is 139 Å². The van der Waals surface area contributed by atoms with E-state index in [-0.39, 0.29) is 39.6 Å². The number of azide groups is 1. The standard InChI is InChI=1S/C43H49N3O10/c1-2-23-50-42-36(45-46-44)39(51-26-31-17-9-4-10-18-31)38(35(55-42)29-49-25-30-15-7-3-8-16-30)56-43-41(53-28-33-21-13-6-14-22-33)40(37(48)34(24-47)54-43)52-27-32-19-11-5-12-20-32/h2-22,34-43,47-48H,1,23-29H2/t34-,35-,36-,37-,38-,39-,40+,41-,42+,43+/m1/s1. The van der Waals surface area contributed by atoms with E-state index in [1.54, 1.807) is 6.08 Å². The summed E-state index contributed by atoms with van der Waals surface area (Å²) < 4.78 is 51.5. The number of hydrogen-bond donors (Lipinski definition) is 2. The summed E-state index contributed by atoms with van der Waals surface area (Å²) >= 11 is 0. The molecule has 2 fully saturated rings. The van der Waals surface area contributed by atoms with E-state index in [9.17, 15) is 15.7 Å². The number of aliphatic hydroxyl groups is 2. The molecule has 0 aromatic heterocycles. The Morgan fingerprint density at radius 3 is 1.61 bits per heavy atom. The van der Waals surface area contributed by atoms with Crippen molar-refractivity contribution in [3.63, 3.8) is 0 Å². The minimum atomic E-state index is -1.28. The van der Waals surface area contributed by atoms with Gasteiger partial charge >= 0.3 is 0 Å². The first kappa shape index (κ1) is 41.2. The second kappa shape index (κ2) is 21.7. The fourth-order valence-electron chi connectivity index (χ4n) is 6.70. The van der Waals surface area contributed by atoms with Crippen molar-refractivity contribution < 1.29 is 48.1 Å². The van der Waals surface area contributed by atoms with Gasteiger partial charge in [-0.25, -0.2) is 0 Å². The Morgan fingerprint density at radius 2 is 1.11 bits per heavy atom. The van der Waals surface area contributed by atoms with E-state index < -0.39 is 68.0 Å². The SMILES string of the molecule is C=CCO[C@H]1O[C@H](COCc2ccccc2)[C@@H](O[C@@H]2O[C@H](CO)[C@@H](O)[C@H](OCc3ccccc3)[C@H]2OCc2ccccc2)[C@H](OCc2ccccc2)[C@H]1N=[N+]=[N-]. The van der Waals surface area contributed by atoms with Crippen molar-refractivity contribution in [2.45, 2.75) is 87.8 Å². The fourth-order valence-corrected chi connectivity index (χ4v) is 6.70. The maximum Gasteiger partial charge on any atom is 0.187 e. The third-order valence-electron chi connectivity index (χ3n) is 9.52. The highest BCUT2D eigenvalue weighted by atomic mass is 16.7. The van der Waals surface area contributed by atoms with E-state index in [1.807, 2.05) is 121 Å². The molecule has 0 unspecified atom stereocenters. The smallest absolute Gasteiger partial charge is 0.187 e. The van der Waals surface area contributed by atoms with Crippen LogP contribution >= 0.6 is 0 Å². The molecule has 10 atom stereocenters. The molecule has 13 nitrogen and oxygen atoms in total. The summed E-state index contributed by atoms with van der Waals surface area (Å²) in [7, 11) is 0. The van der Waals surface area contributed by atoms with Crippen LogP contribution in [0.2, 0.25) is 0 Å². The highest BCUT2D eigenvalue weighted by Gasteiger charge is 2.53. The predicted molar refractivity (Wildman–Crippen MR) is 206 cm³/mol. The Bertz CT molecular complexity index is 1770. The lowest BCUT2D eigenvalue weighted by molar-refractivity contribution is -0.360. The molecule has 2 heterocycles. The van der Waals surface area contributed by atoms with Crippen molar-refractivity contribution in [2.75, 3.05) is 19.8 Å². The lowest BCUT2D eigenvalue weighted by atomic mass is 9.95. The maximum atomic E-state index is 11.6. The summed E-state index contributed by atoms with van der Waals surface area (Å²) in [6, 6.07) is 37.3. The monoisotopic (exact) mass is 767 g/mol. The summed E-state index contributed by atoms with van der Waals surface area (Å²) in [6.07, 6.45) is -8.00. The van der Waals surface area contributed by atoms with Crippen molar-refractivity contribution in [1.82, 2.24) is 0 Å². The normalized spacial score (nSPS) is 27.6. The summed E-state index contributed by atoms with van der Waals surface area (Å²) in [5.41, 5.74) is 13.4. The van der Waals surface area contributed by atoms with E-state index in [0.717, 1.165) is 22.3 Å². The molecule has 2 aliphatic rings. The summed E-state index contributed by atoms with van der Waals surface area (Å²) in [5.74, 6) is 0. The van der Waals surface area contributed by atoms with Gasteiger partial charge in [-0.3, -0.25) is 0 Å². The van der Waals surface area contributed by atoms with E-state index in [0.29, 0.717) is 0 Å². The molecule has 0 radical (unpaired) electrons. The average molecular weight is 768 g/mol. The zero-order valence-electron chi connectivity index (χ0n) is 31.1. The molecule has 0 aliphatic carbocycles. The fraction of sp³-hybridized carbons (Fsp3) is 0.395. The van der Waals surface area contributed by atoms with E-state index in [4.69, 9.17) is 37.9 Å². The quantitative estimate of drug-likeness (QED) is 0.0470. The van der Waals surface area contributed by atoms with Crippen LogP contribution < -0.4 is 0 Å². The van der Waals surface area contributed by atoms with Gasteiger partial charge in [0, 0.05) is 4.91 Å². The van der Waals surface area contributed by atoms with Gasteiger partial charge in [-0.1, -0.05) is 133 Å². The van der Waals surface area contributed by atoms with Crippen LogP contribution in [0.5, 0.6) is 0 Å². The van der Waals surface area contributed by atoms with Crippen LogP contribution in [-0.2, 0) is 64.3 Å². The molecule has 0 amide bonds. The highest BCUT2D eigenvalue weighted by molar-refractivity contribution is 5.16. The van der Waals surface area contributed by atoms with E-state index in [1.165, 1.54) is 0 Å². The Balaban J connectivity index is 1.35. The zero-order chi connectivity index (χ0) is 39.0. The van der Waals surface area contributed by atoms with Gasteiger partial charge < -0.3 is 48.1 Å². The molecule has 0 saturated carbocycles. The molecular weight excluding hydrogens is 718 g/mol. The number of rotatable bonds is 20. The third kappa shape index (κ3) is 11.3. The minimum absolute atomic E-state index is 0.0178. The van der Waals surface area contributed by atoms with Gasteiger partial charge in [-0.2, -0.15) is 0 Å². The first-order valence-corrected chi connectivity index (χ1v) is 18.7. The van der Waals surface area contributed by atoms with Gasteiger partial charge in [-0.05, 0) is 27.8 Å². The molecule has 4 aromatic rings. The van der Waals surface area contributed by atoms with Crippen LogP contribution in [0.3, 0.4) is 0 Å². The maximum absolute atomic E-state index is 11.6. The number of benzene rings is 4. The van der Waals surface area contributed by atoms with Crippen molar-refractivity contribution in [3.8, 4) is 0 Å². The summed E-state index contributed by atoms with van der Waals surface area (Å²) in [4.78, 5) is 3.14. The number of aliphatic hydroxyl groups excluding tert-OH is 2. The minimum Gasteiger partial charge on any atom is -0.394 e. The third-order valence-corrected chi connectivity index (χ3v) is 9.52. The first-order valence-electron chi connectivity index (χ1n) is 18.7. The number of hydrogen-bond acceptors (Lipinski definition) is 11. The van der Waals surface area contributed by atoms with E-state index >= 15 is 0 Å². The van der Waals surface area contributed by atoms with Crippen LogP contribution in [-0.4, -0.2) is 91.4 Å². The predicted octanol–water partition coefficient (Wildman–Crippen LogP) is 6.03. The molecule has 6 rings (SSSR count). The molecule has 2 saturated heterocycles. The van der Waals surface area contributed by atoms with Gasteiger partial charge in [0.25, 0.3) is 0 Å². The highest BCUT2D eigenvalue weighted by Crippen LogP contribution is 2.35. The van der Waals surface area contributed by atoms with Crippen molar-refractivity contribution >= 4 is 0 Å². The molecule has 0 spiro atoms. The molecule has 2 aliphatic heterocycles. The lowest BCUT2D eigenvalue weighted by Gasteiger charge is -2.49. The summed E-state index contributed by atoms with van der Waals surface area (Å²) in [5, 5.41) is 26.1. The van der Waals surface area contributed by atoms with Crippen LogP contribution in [0.4, 0.5) is 0 Å². The molecule has 0 bridgehead atoms. The topological polar surface area (TPSA) is 163 Å². The molecule has 4 aromatic carbocycles. The largest absolute Gasteiger partial charge is 0.394 e. The van der Waals surface area contributed by atoms with Crippen LogP contribution in [0.25, 0.3) is 10.4 Å². The van der Waals surface area contributed by atoms with Gasteiger partial charge in [0.15, 0.2) is 12.6 Å². The molecule has 2 N–H and O–H groups in total. The van der Waals surface area contributed by atoms with Gasteiger partial charge in [0.1, 0.15) is 48.8 Å². The molecular formula is C43H49N3O10. The van der Waals surface area contributed by atoms with Crippen molar-refractivity contribution in [2.24, 2.45) is 5.11 Å². The van der Waals surface area contributed by atoms with Crippen molar-refractivity contribution in [1.29, 1.82) is 0 Å². The summed E-state index contributed by atoms with van der Waals surface area (Å²) in [6.45, 7) is 4.05. The second-order valence-corrected chi connectivity index (χ2v) is 13.5. The average Bonchev–Trinajstić information content (AvgIpc) is 3.24. The van der Waals surface area contributed by atoms with Gasteiger partial charge in [0.05, 0.1) is 46.2 Å². The van der Waals surface area contributed by atoms with Crippen LogP contribution in [0.1, 0.15) is 22.3 Å². The first-order chi connectivity index (χ1) is 27.6. The Labute approximate surface area is 326 Å². The Morgan fingerprint density at radius 1 is 0.625 bits per heavy atom. The number of ether oxygens (including phenoxy) is 8. The Hall–Kier alpha value is -4.47. The zero-order valence-corrected chi connectivity index (χ0v) is 31.1. The van der Waals surface area contributed by atoms with Crippen LogP contribution in [0, 0.1) is 0 Å². The lowest BCUT2D eigenvalue weighted by Crippen LogP contribution is -2.65. The van der Waals surface area contributed by atoms with Gasteiger partial charge in [-0.15, -0.1) is 6.58 Å². The molecule has 296 valence electrons. The van der Waals surface area contributed by atoms with Crippen molar-refractivity contribution in [3.05, 3.63) is 167 Å². The second-order valence-electron chi connectivity index (χ2n) is 13.5. The van der Waals surface area contributed by atoms with Gasteiger partial charge in [0.2, 0.25) is 0 Å². The number of nitrogens with zero attached hydrogens (tertiary/aromatic N) is 3.